The van der Waals surface area contributed by atoms with Gasteiger partial charge in [-0.2, -0.15) is 0 Å². The van der Waals surface area contributed by atoms with Crippen LogP contribution in [0.25, 0.3) is 16.3 Å². The summed E-state index contributed by atoms with van der Waals surface area (Å²) in [4.78, 5) is 31.8. The van der Waals surface area contributed by atoms with E-state index in [-0.39, 0.29) is 11.6 Å². The van der Waals surface area contributed by atoms with Crippen LogP contribution < -0.4 is 14.4 Å². The van der Waals surface area contributed by atoms with Gasteiger partial charge in [-0.15, -0.1) is 0 Å². The van der Waals surface area contributed by atoms with E-state index in [1.54, 1.807) is 43.4 Å². The number of rotatable bonds is 9. The van der Waals surface area contributed by atoms with Crippen molar-refractivity contribution in [1.29, 1.82) is 0 Å². The van der Waals surface area contributed by atoms with Crippen molar-refractivity contribution in [1.82, 2.24) is 9.88 Å². The van der Waals surface area contributed by atoms with E-state index in [9.17, 15) is 14.9 Å². The molecule has 1 heterocycles. The number of thiazole rings is 1. The number of hydrogen-bond donors (Lipinski definition) is 0. The number of fused-ring (bicyclic) bond motifs is 1. The maximum Gasteiger partial charge on any atom is 0.270 e. The summed E-state index contributed by atoms with van der Waals surface area (Å²) in [5.41, 5.74) is 1.24. The molecular weight excluding hydrogens is 432 g/mol. The van der Waals surface area contributed by atoms with Crippen LogP contribution in [0.1, 0.15) is 5.56 Å². The number of likely N-dealkylation sites (N-methyl/N-ethyl adjacent to an activating group) is 1. The van der Waals surface area contributed by atoms with E-state index >= 15 is 0 Å². The third kappa shape index (κ3) is 5.40. The first-order chi connectivity index (χ1) is 15.3. The Hall–Kier alpha value is -3.50. The first-order valence-corrected chi connectivity index (χ1v) is 10.6. The van der Waals surface area contributed by atoms with Crippen LogP contribution in [0, 0.1) is 10.1 Å². The van der Waals surface area contributed by atoms with E-state index in [4.69, 9.17) is 9.47 Å². The molecule has 1 aromatic heterocycles. The molecule has 3 aromatic rings. The monoisotopic (exact) mass is 456 g/mol. The number of anilines is 1. The van der Waals surface area contributed by atoms with E-state index in [0.29, 0.717) is 40.8 Å². The zero-order valence-corrected chi connectivity index (χ0v) is 19.1. The number of aromatic nitrogens is 1. The first-order valence-electron chi connectivity index (χ1n) is 9.73. The lowest BCUT2D eigenvalue weighted by atomic mass is 10.2. The van der Waals surface area contributed by atoms with Crippen LogP contribution in [0.5, 0.6) is 11.5 Å². The number of hydrogen-bond acceptors (Lipinski definition) is 8. The molecule has 0 unspecified atom stereocenters. The van der Waals surface area contributed by atoms with E-state index in [1.807, 2.05) is 25.1 Å². The highest BCUT2D eigenvalue weighted by molar-refractivity contribution is 7.22. The van der Waals surface area contributed by atoms with E-state index in [0.717, 1.165) is 4.70 Å². The second kappa shape index (κ2) is 10.2. The van der Waals surface area contributed by atoms with Gasteiger partial charge in [-0.05, 0) is 25.7 Å². The number of nitro groups is 1. The number of benzene rings is 2. The molecule has 0 saturated carbocycles. The standard InChI is InChI=1S/C22H24N4O5S/c1-24(2)10-11-25(21(27)9-8-15-6-5-7-16(12-15)26(28)29)22-23-17-13-18(30-3)19(31-4)14-20(17)32-22/h5-9,12-14H,10-11H2,1-4H3. The van der Waals surface area contributed by atoms with Gasteiger partial charge in [-0.25, -0.2) is 4.98 Å². The Morgan fingerprint density at radius 3 is 2.53 bits per heavy atom. The van der Waals surface area contributed by atoms with Crippen molar-refractivity contribution in [3.63, 3.8) is 0 Å². The van der Waals surface area contributed by atoms with E-state index in [2.05, 4.69) is 4.98 Å². The number of ether oxygens (including phenoxy) is 2. The summed E-state index contributed by atoms with van der Waals surface area (Å²) in [6.45, 7) is 1.07. The molecule has 0 atom stereocenters. The molecule has 0 aliphatic rings. The van der Waals surface area contributed by atoms with Crippen LogP contribution in [-0.4, -0.2) is 62.1 Å². The van der Waals surface area contributed by atoms with Crippen LogP contribution in [0.15, 0.2) is 42.5 Å². The molecule has 0 saturated heterocycles. The number of nitro benzene ring substituents is 1. The Bertz CT molecular complexity index is 1120. The lowest BCUT2D eigenvalue weighted by Gasteiger charge is -2.20. The highest BCUT2D eigenvalue weighted by Crippen LogP contribution is 2.37. The first kappa shape index (κ1) is 23.2. The minimum Gasteiger partial charge on any atom is -0.493 e. The molecule has 0 aliphatic carbocycles. The van der Waals surface area contributed by atoms with Gasteiger partial charge >= 0.3 is 0 Å². The molecule has 0 aliphatic heterocycles. The van der Waals surface area contributed by atoms with Crippen molar-refractivity contribution < 1.29 is 19.2 Å². The summed E-state index contributed by atoms with van der Waals surface area (Å²) in [6, 6.07) is 9.73. The molecule has 0 N–H and O–H groups in total. The van der Waals surface area contributed by atoms with Gasteiger partial charge < -0.3 is 14.4 Å². The number of methoxy groups -OCH3 is 2. The van der Waals surface area contributed by atoms with Gasteiger partial charge in [0, 0.05) is 43.4 Å². The van der Waals surface area contributed by atoms with Gasteiger partial charge in [0.2, 0.25) is 0 Å². The fraction of sp³-hybridized carbons (Fsp3) is 0.273. The number of nitrogens with zero attached hydrogens (tertiary/aromatic N) is 4. The Morgan fingerprint density at radius 2 is 1.88 bits per heavy atom. The smallest absolute Gasteiger partial charge is 0.270 e. The summed E-state index contributed by atoms with van der Waals surface area (Å²) >= 11 is 1.38. The third-order valence-electron chi connectivity index (χ3n) is 4.65. The minimum absolute atomic E-state index is 0.0295. The van der Waals surface area contributed by atoms with E-state index in [1.165, 1.54) is 29.5 Å². The van der Waals surface area contributed by atoms with Crippen molar-refractivity contribution in [3.05, 3.63) is 58.2 Å². The topological polar surface area (TPSA) is 98.0 Å². The molecule has 0 radical (unpaired) electrons. The molecular formula is C22H24N4O5S. The van der Waals surface area contributed by atoms with Crippen molar-refractivity contribution in [3.8, 4) is 11.5 Å². The number of non-ortho nitro benzene ring substituents is 1. The lowest BCUT2D eigenvalue weighted by Crippen LogP contribution is -2.35. The Morgan fingerprint density at radius 1 is 1.16 bits per heavy atom. The van der Waals surface area contributed by atoms with Crippen LogP contribution in [-0.2, 0) is 4.79 Å². The highest BCUT2D eigenvalue weighted by Gasteiger charge is 2.19. The minimum atomic E-state index is -0.466. The predicted octanol–water partition coefficient (Wildman–Crippen LogP) is 3.83. The lowest BCUT2D eigenvalue weighted by molar-refractivity contribution is -0.384. The summed E-state index contributed by atoms with van der Waals surface area (Å²) < 4.78 is 11.6. The number of amides is 1. The van der Waals surface area contributed by atoms with Gasteiger partial charge in [0.25, 0.3) is 11.6 Å². The quantitative estimate of drug-likeness (QED) is 0.274. The molecule has 10 heteroatoms. The predicted molar refractivity (Wildman–Crippen MR) is 126 cm³/mol. The molecule has 32 heavy (non-hydrogen) atoms. The van der Waals surface area contributed by atoms with Crippen LogP contribution in [0.4, 0.5) is 10.8 Å². The van der Waals surface area contributed by atoms with Crippen molar-refractivity contribution in [2.45, 2.75) is 0 Å². The van der Waals surface area contributed by atoms with Crippen LogP contribution in [0.2, 0.25) is 0 Å². The van der Waals surface area contributed by atoms with Crippen LogP contribution >= 0.6 is 11.3 Å². The van der Waals surface area contributed by atoms with E-state index < -0.39 is 4.92 Å². The Balaban J connectivity index is 1.92. The Labute approximate surface area is 189 Å². The summed E-state index contributed by atoms with van der Waals surface area (Å²) in [5.74, 6) is 0.886. The van der Waals surface area contributed by atoms with Crippen molar-refractivity contribution in [2.24, 2.45) is 0 Å². The zero-order valence-electron chi connectivity index (χ0n) is 18.3. The van der Waals surface area contributed by atoms with Crippen molar-refractivity contribution >= 4 is 44.4 Å². The van der Waals surface area contributed by atoms with Gasteiger partial charge in [0.05, 0.1) is 29.4 Å². The molecule has 168 valence electrons. The fourth-order valence-corrected chi connectivity index (χ4v) is 3.97. The molecule has 9 nitrogen and oxygen atoms in total. The number of carbonyl (C=O) groups is 1. The third-order valence-corrected chi connectivity index (χ3v) is 5.69. The summed E-state index contributed by atoms with van der Waals surface area (Å²) in [7, 11) is 6.98. The normalized spacial score (nSPS) is 11.3. The van der Waals surface area contributed by atoms with Gasteiger partial charge in [-0.3, -0.25) is 19.8 Å². The molecule has 1 amide bonds. The second-order valence-corrected chi connectivity index (χ2v) is 8.16. The maximum absolute atomic E-state index is 13.1. The van der Waals surface area contributed by atoms with Gasteiger partial charge in [-0.1, -0.05) is 23.5 Å². The molecule has 2 aromatic carbocycles. The van der Waals surface area contributed by atoms with Crippen LogP contribution in [0.3, 0.4) is 0 Å². The fourth-order valence-electron chi connectivity index (χ4n) is 2.96. The average molecular weight is 457 g/mol. The zero-order chi connectivity index (χ0) is 23.3. The highest BCUT2D eigenvalue weighted by atomic mass is 32.1. The molecule has 3 rings (SSSR count). The summed E-state index contributed by atoms with van der Waals surface area (Å²) in [6.07, 6.45) is 2.97. The largest absolute Gasteiger partial charge is 0.493 e. The second-order valence-electron chi connectivity index (χ2n) is 7.15. The molecule has 0 fully saturated rings. The molecule has 0 bridgehead atoms. The van der Waals surface area contributed by atoms with Crippen molar-refractivity contribution in [2.75, 3.05) is 46.3 Å². The van der Waals surface area contributed by atoms with Gasteiger partial charge in [0.1, 0.15) is 0 Å². The Kier molecular flexibility index (Phi) is 7.39. The summed E-state index contributed by atoms with van der Waals surface area (Å²) in [5, 5.41) is 11.5. The maximum atomic E-state index is 13.1. The average Bonchev–Trinajstić information content (AvgIpc) is 3.19. The van der Waals surface area contributed by atoms with Gasteiger partial charge in [0.15, 0.2) is 16.6 Å². The number of carbonyl (C=O) groups excluding carboxylic acids is 1. The SMILES string of the molecule is COc1cc2nc(N(CCN(C)C)C(=O)C=Cc3cccc([N+](=O)[O-])c3)sc2cc1OC. The molecule has 0 spiro atoms.